The van der Waals surface area contributed by atoms with E-state index in [0.29, 0.717) is 46.1 Å². The number of halogens is 1. The number of hydrogen-bond donors (Lipinski definition) is 1. The van der Waals surface area contributed by atoms with Gasteiger partial charge in [0.15, 0.2) is 0 Å². The summed E-state index contributed by atoms with van der Waals surface area (Å²) in [6, 6.07) is 23.1. The number of anilines is 1. The number of carbonyl (C=O) groups is 1. The van der Waals surface area contributed by atoms with Crippen LogP contribution in [0.15, 0.2) is 83.7 Å². The first-order chi connectivity index (χ1) is 16.5. The van der Waals surface area contributed by atoms with Gasteiger partial charge in [-0.05, 0) is 55.3 Å². The number of para-hydroxylation sites is 2. The van der Waals surface area contributed by atoms with Crippen LogP contribution in [0.4, 0.5) is 10.5 Å². The molecule has 7 heteroatoms. The van der Waals surface area contributed by atoms with Crippen LogP contribution in [-0.2, 0) is 0 Å². The van der Waals surface area contributed by atoms with Gasteiger partial charge in [-0.15, -0.1) is 0 Å². The average Bonchev–Trinajstić information content (AvgIpc) is 2.84. The Morgan fingerprint density at radius 2 is 1.76 bits per heavy atom. The number of hydrogen-bond acceptors (Lipinski definition) is 3. The molecule has 0 spiro atoms. The van der Waals surface area contributed by atoms with Gasteiger partial charge in [-0.25, -0.2) is 9.78 Å². The molecule has 0 aliphatic rings. The smallest absolute Gasteiger partial charge is 0.314 e. The van der Waals surface area contributed by atoms with Gasteiger partial charge in [-0.2, -0.15) is 0 Å². The van der Waals surface area contributed by atoms with Crippen LogP contribution in [0.1, 0.15) is 38.6 Å². The van der Waals surface area contributed by atoms with Gasteiger partial charge in [-0.1, -0.05) is 61.8 Å². The predicted molar refractivity (Wildman–Crippen MR) is 138 cm³/mol. The Kier molecular flexibility index (Phi) is 7.28. The minimum absolute atomic E-state index is 0.193. The van der Waals surface area contributed by atoms with Gasteiger partial charge >= 0.3 is 6.03 Å². The third-order valence-corrected chi connectivity index (χ3v) is 5.91. The third kappa shape index (κ3) is 4.82. The zero-order valence-electron chi connectivity index (χ0n) is 19.2. The Morgan fingerprint density at radius 3 is 2.47 bits per heavy atom. The lowest BCUT2D eigenvalue weighted by Gasteiger charge is -2.32. The van der Waals surface area contributed by atoms with Crippen molar-refractivity contribution in [2.45, 2.75) is 32.7 Å². The van der Waals surface area contributed by atoms with Gasteiger partial charge in [0.05, 0.1) is 22.6 Å². The second-order valence-corrected chi connectivity index (χ2v) is 8.46. The van der Waals surface area contributed by atoms with Crippen LogP contribution in [0.2, 0.25) is 5.02 Å². The van der Waals surface area contributed by atoms with Gasteiger partial charge in [0, 0.05) is 17.3 Å². The maximum absolute atomic E-state index is 13.7. The molecule has 34 heavy (non-hydrogen) atoms. The average molecular weight is 475 g/mol. The largest absolute Gasteiger partial charge is 0.322 e. The highest BCUT2D eigenvalue weighted by molar-refractivity contribution is 6.30. The first kappa shape index (κ1) is 23.5. The van der Waals surface area contributed by atoms with Crippen molar-refractivity contribution < 1.29 is 4.79 Å². The summed E-state index contributed by atoms with van der Waals surface area (Å²) in [5.74, 6) is 0.505. The maximum Gasteiger partial charge on any atom is 0.322 e. The standard InChI is InChI=1S/C27H27ClN4O2/c1-3-17-31(27(34)29-20-12-6-5-7-13-20)24(4-2)25-30-23-16-9-8-15-22(23)26(33)32(25)21-14-10-11-19(28)18-21/h5-16,18,24H,3-4,17H2,1-2H3,(H,29,34). The number of carbonyl (C=O) groups excluding carboxylic acids is 1. The number of urea groups is 1. The molecule has 1 atom stereocenters. The SMILES string of the molecule is CCCN(C(=O)Nc1ccccc1)C(CC)c1nc2ccccc2c(=O)n1-c1cccc(Cl)c1. The van der Waals surface area contributed by atoms with Crippen molar-refractivity contribution >= 4 is 34.2 Å². The summed E-state index contributed by atoms with van der Waals surface area (Å²) in [5.41, 5.74) is 1.73. The lowest BCUT2D eigenvalue weighted by atomic mass is 10.1. The van der Waals surface area contributed by atoms with Crippen molar-refractivity contribution in [1.29, 1.82) is 0 Å². The van der Waals surface area contributed by atoms with E-state index in [9.17, 15) is 9.59 Å². The number of amides is 2. The Labute approximate surface area is 203 Å². The monoisotopic (exact) mass is 474 g/mol. The Bertz CT molecular complexity index is 1350. The third-order valence-electron chi connectivity index (χ3n) is 5.68. The molecule has 0 saturated carbocycles. The number of nitrogens with zero attached hydrogens (tertiary/aromatic N) is 3. The van der Waals surface area contributed by atoms with E-state index >= 15 is 0 Å². The fourth-order valence-electron chi connectivity index (χ4n) is 4.14. The number of nitrogens with one attached hydrogen (secondary N) is 1. The van der Waals surface area contributed by atoms with E-state index in [1.807, 2.05) is 68.4 Å². The molecule has 2 amide bonds. The van der Waals surface area contributed by atoms with E-state index in [0.717, 1.165) is 6.42 Å². The van der Waals surface area contributed by atoms with Crippen molar-refractivity contribution in [2.24, 2.45) is 0 Å². The fraction of sp³-hybridized carbons (Fsp3) is 0.222. The van der Waals surface area contributed by atoms with E-state index < -0.39 is 6.04 Å². The molecule has 0 aliphatic heterocycles. The molecule has 0 radical (unpaired) electrons. The molecular weight excluding hydrogens is 448 g/mol. The summed E-state index contributed by atoms with van der Waals surface area (Å²) in [7, 11) is 0. The highest BCUT2D eigenvalue weighted by atomic mass is 35.5. The van der Waals surface area contributed by atoms with Crippen LogP contribution in [-0.4, -0.2) is 27.0 Å². The molecule has 0 fully saturated rings. The molecule has 4 rings (SSSR count). The summed E-state index contributed by atoms with van der Waals surface area (Å²) in [6.45, 7) is 4.52. The van der Waals surface area contributed by atoms with Gasteiger partial charge < -0.3 is 10.2 Å². The van der Waals surface area contributed by atoms with Crippen LogP contribution >= 0.6 is 11.6 Å². The molecule has 4 aromatic rings. The van der Waals surface area contributed by atoms with Crippen LogP contribution in [0.5, 0.6) is 0 Å². The highest BCUT2D eigenvalue weighted by Crippen LogP contribution is 2.27. The lowest BCUT2D eigenvalue weighted by molar-refractivity contribution is 0.181. The fourth-order valence-corrected chi connectivity index (χ4v) is 4.32. The Hall–Kier alpha value is -3.64. The van der Waals surface area contributed by atoms with Crippen LogP contribution in [0.25, 0.3) is 16.6 Å². The summed E-state index contributed by atoms with van der Waals surface area (Å²) in [6.07, 6.45) is 1.33. The summed E-state index contributed by atoms with van der Waals surface area (Å²) >= 11 is 6.27. The van der Waals surface area contributed by atoms with Gasteiger partial charge in [0.2, 0.25) is 0 Å². The van der Waals surface area contributed by atoms with Crippen molar-refractivity contribution in [1.82, 2.24) is 14.5 Å². The molecule has 174 valence electrons. The van der Waals surface area contributed by atoms with E-state index in [1.165, 1.54) is 0 Å². The molecule has 0 saturated heterocycles. The van der Waals surface area contributed by atoms with Gasteiger partial charge in [-0.3, -0.25) is 9.36 Å². The minimum atomic E-state index is -0.431. The quantitative estimate of drug-likeness (QED) is 0.335. The Balaban J connectivity index is 1.88. The van der Waals surface area contributed by atoms with Crippen molar-refractivity contribution in [3.63, 3.8) is 0 Å². The van der Waals surface area contributed by atoms with Crippen LogP contribution < -0.4 is 10.9 Å². The van der Waals surface area contributed by atoms with Crippen molar-refractivity contribution in [2.75, 3.05) is 11.9 Å². The number of aromatic nitrogens is 2. The van der Waals surface area contributed by atoms with Crippen molar-refractivity contribution in [3.05, 3.63) is 100 Å². The maximum atomic E-state index is 13.7. The predicted octanol–water partition coefficient (Wildman–Crippen LogP) is 6.43. The summed E-state index contributed by atoms with van der Waals surface area (Å²) < 4.78 is 1.58. The van der Waals surface area contributed by atoms with E-state index in [4.69, 9.17) is 16.6 Å². The molecule has 1 unspecified atom stereocenters. The second-order valence-electron chi connectivity index (χ2n) is 8.02. The summed E-state index contributed by atoms with van der Waals surface area (Å²) in [5, 5.41) is 4.01. The molecular formula is C27H27ClN4O2. The number of benzene rings is 3. The first-order valence-corrected chi connectivity index (χ1v) is 11.8. The van der Waals surface area contributed by atoms with Gasteiger partial charge in [0.25, 0.3) is 5.56 Å². The van der Waals surface area contributed by atoms with Gasteiger partial charge in [0.1, 0.15) is 5.82 Å². The Morgan fingerprint density at radius 1 is 1.03 bits per heavy atom. The normalized spacial score (nSPS) is 11.9. The zero-order chi connectivity index (χ0) is 24.1. The van der Waals surface area contributed by atoms with E-state index in [2.05, 4.69) is 5.32 Å². The number of rotatable bonds is 7. The van der Waals surface area contributed by atoms with Crippen LogP contribution in [0.3, 0.4) is 0 Å². The molecule has 1 N–H and O–H groups in total. The molecule has 3 aromatic carbocycles. The molecule has 0 bridgehead atoms. The lowest BCUT2D eigenvalue weighted by Crippen LogP contribution is -2.41. The van der Waals surface area contributed by atoms with E-state index in [-0.39, 0.29) is 11.6 Å². The van der Waals surface area contributed by atoms with E-state index in [1.54, 1.807) is 33.7 Å². The molecule has 6 nitrogen and oxygen atoms in total. The topological polar surface area (TPSA) is 67.2 Å². The molecule has 0 aliphatic carbocycles. The van der Waals surface area contributed by atoms with Crippen LogP contribution in [0, 0.1) is 0 Å². The first-order valence-electron chi connectivity index (χ1n) is 11.4. The molecule has 1 aromatic heterocycles. The summed E-state index contributed by atoms with van der Waals surface area (Å²) in [4.78, 5) is 33.7. The highest BCUT2D eigenvalue weighted by Gasteiger charge is 2.28. The zero-order valence-corrected chi connectivity index (χ0v) is 20.0. The second kappa shape index (κ2) is 10.5. The van der Waals surface area contributed by atoms with Crippen molar-refractivity contribution in [3.8, 4) is 5.69 Å². The minimum Gasteiger partial charge on any atom is -0.314 e. The number of fused-ring (bicyclic) bond motifs is 1. The molecule has 1 heterocycles.